The molecule has 0 unspecified atom stereocenters. The van der Waals surface area contributed by atoms with Crippen molar-refractivity contribution in [2.75, 3.05) is 43.6 Å². The van der Waals surface area contributed by atoms with Crippen LogP contribution in [0.4, 0.5) is 25.8 Å². The number of hydrogen-bond acceptors (Lipinski definition) is 6. The van der Waals surface area contributed by atoms with E-state index >= 15 is 0 Å². The molecular weight excluding hydrogens is 512 g/mol. The number of aliphatic imine (C=N–C) groups is 1. The number of halogens is 3. The Labute approximate surface area is 223 Å². The van der Waals surface area contributed by atoms with E-state index in [9.17, 15) is 8.78 Å². The van der Waals surface area contributed by atoms with Gasteiger partial charge in [-0.05, 0) is 48.0 Å². The molecule has 0 radical (unpaired) electrons. The Kier molecular flexibility index (Phi) is 6.47. The summed E-state index contributed by atoms with van der Waals surface area (Å²) < 4.78 is 42.2. The normalized spacial score (nSPS) is 14.7. The van der Waals surface area contributed by atoms with Crippen LogP contribution >= 0.6 is 11.6 Å². The highest BCUT2D eigenvalue weighted by Gasteiger charge is 2.28. The first-order valence-electron chi connectivity index (χ1n) is 12.2. The Morgan fingerprint density at radius 2 is 1.76 bits per heavy atom. The molecule has 1 aromatic heterocycles. The van der Waals surface area contributed by atoms with Crippen molar-refractivity contribution in [1.29, 1.82) is 0 Å². The Morgan fingerprint density at radius 3 is 2.47 bits per heavy atom. The van der Waals surface area contributed by atoms with E-state index in [-0.39, 0.29) is 16.6 Å². The minimum atomic E-state index is -0.729. The molecule has 1 N–H and O–H groups in total. The zero-order valence-corrected chi connectivity index (χ0v) is 21.3. The van der Waals surface area contributed by atoms with Crippen molar-refractivity contribution in [2.24, 2.45) is 4.99 Å². The van der Waals surface area contributed by atoms with Gasteiger partial charge in [-0.3, -0.25) is 4.68 Å². The van der Waals surface area contributed by atoms with E-state index in [0.29, 0.717) is 36.8 Å². The summed E-state index contributed by atoms with van der Waals surface area (Å²) in [5.41, 5.74) is 4.09. The van der Waals surface area contributed by atoms with Crippen molar-refractivity contribution in [1.82, 2.24) is 9.78 Å². The number of fused-ring (bicyclic) bond motifs is 3. The summed E-state index contributed by atoms with van der Waals surface area (Å²) in [4.78, 5) is 6.87. The van der Waals surface area contributed by atoms with Crippen molar-refractivity contribution in [3.05, 3.63) is 88.6 Å². The summed E-state index contributed by atoms with van der Waals surface area (Å²) in [7, 11) is 1.62. The van der Waals surface area contributed by atoms with E-state index in [4.69, 9.17) is 21.1 Å². The van der Waals surface area contributed by atoms with Crippen molar-refractivity contribution in [3.63, 3.8) is 0 Å². The summed E-state index contributed by atoms with van der Waals surface area (Å²) in [6.07, 6.45) is 0. The van der Waals surface area contributed by atoms with Gasteiger partial charge in [0.15, 0.2) is 5.15 Å². The lowest BCUT2D eigenvalue weighted by Gasteiger charge is -2.29. The highest BCUT2D eigenvalue weighted by atomic mass is 35.5. The first-order valence-corrected chi connectivity index (χ1v) is 12.6. The second-order valence-electron chi connectivity index (χ2n) is 9.01. The lowest BCUT2D eigenvalue weighted by molar-refractivity contribution is 0.122. The molecule has 38 heavy (non-hydrogen) atoms. The first-order chi connectivity index (χ1) is 18.5. The third-order valence-corrected chi connectivity index (χ3v) is 6.94. The number of anilines is 2. The number of amidine groups is 1. The standard InChI is InChI=1S/C28H24ClF2N5O2/c1-37-19-8-5-17(6-9-19)16-36-26-20-15-18(35-11-13-38-14-12-35)7-10-23(20)32-28(33-25(26)27(29)34-36)24-21(30)3-2-4-22(24)31/h2-10,15H,11-14,16H2,1H3,(H,32,33). The lowest BCUT2D eigenvalue weighted by Crippen LogP contribution is -2.36. The number of rotatable bonds is 5. The van der Waals surface area contributed by atoms with Gasteiger partial charge in [0.25, 0.3) is 0 Å². The Balaban J connectivity index is 1.52. The van der Waals surface area contributed by atoms with Crippen LogP contribution in [0.15, 0.2) is 65.7 Å². The van der Waals surface area contributed by atoms with E-state index in [1.165, 1.54) is 18.2 Å². The first kappa shape index (κ1) is 24.4. The number of hydrogen-bond donors (Lipinski definition) is 1. The molecule has 0 spiro atoms. The summed E-state index contributed by atoms with van der Waals surface area (Å²) in [6, 6.07) is 17.3. The predicted molar refractivity (Wildman–Crippen MR) is 144 cm³/mol. The van der Waals surface area contributed by atoms with Gasteiger partial charge in [-0.1, -0.05) is 29.8 Å². The van der Waals surface area contributed by atoms with Crippen molar-refractivity contribution < 1.29 is 18.3 Å². The zero-order valence-electron chi connectivity index (χ0n) is 20.5. The van der Waals surface area contributed by atoms with E-state index in [1.807, 2.05) is 42.5 Å². The largest absolute Gasteiger partial charge is 0.497 e. The van der Waals surface area contributed by atoms with Crippen LogP contribution in [0.3, 0.4) is 0 Å². The van der Waals surface area contributed by atoms with Gasteiger partial charge in [0, 0.05) is 30.0 Å². The molecule has 0 aliphatic carbocycles. The summed E-state index contributed by atoms with van der Waals surface area (Å²) >= 11 is 6.64. The number of methoxy groups -OCH3 is 1. The molecule has 3 heterocycles. The maximum Gasteiger partial charge on any atom is 0.177 e. The molecule has 4 aromatic rings. The number of benzene rings is 3. The molecule has 0 amide bonds. The number of aromatic nitrogens is 2. The zero-order chi connectivity index (χ0) is 26.2. The highest BCUT2D eigenvalue weighted by molar-refractivity contribution is 6.33. The van der Waals surface area contributed by atoms with Crippen LogP contribution in [-0.4, -0.2) is 49.0 Å². The average molecular weight is 536 g/mol. The Hall–Kier alpha value is -3.95. The number of nitrogens with zero attached hydrogens (tertiary/aromatic N) is 4. The van der Waals surface area contributed by atoms with Gasteiger partial charge in [0.1, 0.15) is 28.9 Å². The molecule has 10 heteroatoms. The Bertz CT molecular complexity index is 1510. The third kappa shape index (κ3) is 4.48. The van der Waals surface area contributed by atoms with Crippen molar-refractivity contribution in [3.8, 4) is 17.0 Å². The molecule has 0 bridgehead atoms. The quantitative estimate of drug-likeness (QED) is 0.346. The van der Waals surface area contributed by atoms with Crippen LogP contribution in [0.25, 0.3) is 11.3 Å². The van der Waals surface area contributed by atoms with Gasteiger partial charge in [0.2, 0.25) is 0 Å². The average Bonchev–Trinajstić information content (AvgIpc) is 3.12. The van der Waals surface area contributed by atoms with Crippen molar-refractivity contribution in [2.45, 2.75) is 6.54 Å². The number of ether oxygens (including phenoxy) is 2. The molecule has 2 aliphatic rings. The fraction of sp³-hybridized carbons (Fsp3) is 0.214. The van der Waals surface area contributed by atoms with Crippen LogP contribution in [0.1, 0.15) is 11.1 Å². The van der Waals surface area contributed by atoms with Crippen LogP contribution in [0.2, 0.25) is 5.15 Å². The second kappa shape index (κ2) is 10.1. The monoisotopic (exact) mass is 535 g/mol. The van der Waals surface area contributed by atoms with Crippen molar-refractivity contribution >= 4 is 34.5 Å². The number of morpholine rings is 1. The van der Waals surface area contributed by atoms with Crippen LogP contribution < -0.4 is 15.0 Å². The fourth-order valence-electron chi connectivity index (χ4n) is 4.77. The van der Waals surface area contributed by atoms with E-state index in [2.05, 4.69) is 20.3 Å². The minimum Gasteiger partial charge on any atom is -0.497 e. The third-order valence-electron chi connectivity index (χ3n) is 6.69. The van der Waals surface area contributed by atoms with Crippen LogP contribution in [0.5, 0.6) is 5.75 Å². The summed E-state index contributed by atoms with van der Waals surface area (Å²) in [5, 5.41) is 7.88. The minimum absolute atomic E-state index is 0.0191. The fourth-order valence-corrected chi connectivity index (χ4v) is 5.00. The SMILES string of the molecule is COc1ccc(Cn2nc(Cl)c3c2-c2cc(N4CCOCC4)ccc2NC(c2c(F)cccc2F)=N3)cc1. The second-order valence-corrected chi connectivity index (χ2v) is 9.36. The molecule has 3 aromatic carbocycles. The summed E-state index contributed by atoms with van der Waals surface area (Å²) in [6.45, 7) is 3.20. The van der Waals surface area contributed by atoms with Crippen LogP contribution in [0, 0.1) is 11.6 Å². The van der Waals surface area contributed by atoms with Gasteiger partial charge in [-0.25, -0.2) is 13.8 Å². The van der Waals surface area contributed by atoms with Gasteiger partial charge < -0.3 is 19.7 Å². The molecule has 0 atom stereocenters. The van der Waals surface area contributed by atoms with E-state index in [0.717, 1.165) is 35.7 Å². The maximum absolute atomic E-state index is 14.8. The molecule has 7 nitrogen and oxygen atoms in total. The van der Waals surface area contributed by atoms with Gasteiger partial charge >= 0.3 is 0 Å². The van der Waals surface area contributed by atoms with E-state index in [1.54, 1.807) is 11.8 Å². The Morgan fingerprint density at radius 1 is 1.03 bits per heavy atom. The molecule has 2 aliphatic heterocycles. The number of nitrogens with one attached hydrogen (secondary N) is 1. The summed E-state index contributed by atoms with van der Waals surface area (Å²) in [5.74, 6) is -0.691. The molecule has 1 fully saturated rings. The van der Waals surface area contributed by atoms with E-state index < -0.39 is 11.6 Å². The molecule has 6 rings (SSSR count). The molecule has 1 saturated heterocycles. The highest BCUT2D eigenvalue weighted by Crippen LogP contribution is 2.44. The van der Waals surface area contributed by atoms with Gasteiger partial charge in [0.05, 0.1) is 38.1 Å². The molecule has 0 saturated carbocycles. The molecule has 194 valence electrons. The lowest BCUT2D eigenvalue weighted by atomic mass is 10.1. The smallest absolute Gasteiger partial charge is 0.177 e. The predicted octanol–water partition coefficient (Wildman–Crippen LogP) is 5.88. The van der Waals surface area contributed by atoms with Gasteiger partial charge in [-0.2, -0.15) is 5.10 Å². The van der Waals surface area contributed by atoms with Crippen LogP contribution in [-0.2, 0) is 11.3 Å². The topological polar surface area (TPSA) is 63.9 Å². The van der Waals surface area contributed by atoms with Gasteiger partial charge in [-0.15, -0.1) is 0 Å². The maximum atomic E-state index is 14.8. The molecular formula is C28H24ClF2N5O2.